The van der Waals surface area contributed by atoms with Gasteiger partial charge in [-0.3, -0.25) is 9.59 Å². The monoisotopic (exact) mass is 286 g/mol. The normalized spacial score (nSPS) is 10.8. The predicted molar refractivity (Wildman–Crippen MR) is 85.6 cm³/mol. The average Bonchev–Trinajstić information content (AvgIpc) is 2.47. The van der Waals surface area contributed by atoms with E-state index >= 15 is 0 Å². The fraction of sp³-hybridized carbons (Fsp3) is 0.412. The summed E-state index contributed by atoms with van der Waals surface area (Å²) in [4.78, 5) is 28.4. The summed E-state index contributed by atoms with van der Waals surface area (Å²) >= 11 is 0. The number of benzene rings is 1. The molecule has 1 aromatic carbocycles. The highest BCUT2D eigenvalue weighted by Crippen LogP contribution is 2.15. The molecule has 4 heteroatoms. The molecule has 4 nitrogen and oxygen atoms in total. The fourth-order valence-corrected chi connectivity index (χ4v) is 2.50. The zero-order chi connectivity index (χ0) is 15.4. The summed E-state index contributed by atoms with van der Waals surface area (Å²) in [6, 6.07) is 7.87. The maximum atomic E-state index is 12.0. The molecule has 0 saturated heterocycles. The van der Waals surface area contributed by atoms with Gasteiger partial charge < -0.3 is 9.88 Å². The van der Waals surface area contributed by atoms with E-state index in [4.69, 9.17) is 0 Å². The van der Waals surface area contributed by atoms with Gasteiger partial charge in [-0.25, -0.2) is 0 Å². The first kappa shape index (κ1) is 15.3. The maximum absolute atomic E-state index is 12.0. The van der Waals surface area contributed by atoms with Crippen LogP contribution in [0, 0.1) is 6.92 Å². The highest BCUT2D eigenvalue weighted by molar-refractivity contribution is 5.80. The van der Waals surface area contributed by atoms with E-state index in [-0.39, 0.29) is 11.5 Å². The van der Waals surface area contributed by atoms with E-state index < -0.39 is 0 Å². The van der Waals surface area contributed by atoms with Crippen LogP contribution in [0.15, 0.2) is 29.1 Å². The van der Waals surface area contributed by atoms with Gasteiger partial charge in [0.25, 0.3) is 5.56 Å². The highest BCUT2D eigenvalue weighted by Gasteiger charge is 2.09. The molecule has 1 aromatic heterocycles. The Morgan fingerprint density at radius 1 is 1.19 bits per heavy atom. The van der Waals surface area contributed by atoms with Gasteiger partial charge in [0.1, 0.15) is 0 Å². The Hall–Kier alpha value is -2.10. The number of carbonyl (C=O) groups is 1. The molecule has 0 unspecified atom stereocenters. The number of hydrogen-bond donors (Lipinski definition) is 1. The molecule has 1 N–H and O–H groups in total. The van der Waals surface area contributed by atoms with Crippen molar-refractivity contribution in [3.05, 3.63) is 45.7 Å². The summed E-state index contributed by atoms with van der Waals surface area (Å²) in [6.07, 6.45) is 1.20. The summed E-state index contributed by atoms with van der Waals surface area (Å²) in [5.41, 5.74) is 2.56. The third-order valence-corrected chi connectivity index (χ3v) is 3.84. The van der Waals surface area contributed by atoms with Crippen molar-refractivity contribution < 1.29 is 4.79 Å². The molecular weight excluding hydrogens is 264 g/mol. The van der Waals surface area contributed by atoms with E-state index in [2.05, 4.69) is 4.98 Å². The molecule has 0 spiro atoms. The van der Waals surface area contributed by atoms with E-state index in [9.17, 15) is 9.59 Å². The molecule has 0 aliphatic heterocycles. The molecule has 0 saturated carbocycles. The number of pyridine rings is 1. The second kappa shape index (κ2) is 6.57. The zero-order valence-corrected chi connectivity index (χ0v) is 12.9. The van der Waals surface area contributed by atoms with Gasteiger partial charge in [0.05, 0.1) is 0 Å². The van der Waals surface area contributed by atoms with E-state index in [1.807, 2.05) is 43.0 Å². The Balaban J connectivity index is 2.15. The first-order chi connectivity index (χ1) is 10.0. The molecule has 2 rings (SSSR count). The lowest BCUT2D eigenvalue weighted by Gasteiger charge is -2.18. The van der Waals surface area contributed by atoms with Gasteiger partial charge in [-0.05, 0) is 50.3 Å². The van der Waals surface area contributed by atoms with Gasteiger partial charge in [0.15, 0.2) is 0 Å². The third kappa shape index (κ3) is 3.51. The van der Waals surface area contributed by atoms with Crippen LogP contribution in [0.4, 0.5) is 0 Å². The minimum absolute atomic E-state index is 0.0566. The molecular formula is C17H22N2O2. The highest BCUT2D eigenvalue weighted by atomic mass is 16.2. The van der Waals surface area contributed by atoms with Crippen molar-refractivity contribution in [1.29, 1.82) is 0 Å². The van der Waals surface area contributed by atoms with Crippen molar-refractivity contribution in [3.8, 4) is 0 Å². The SMILES string of the molecule is CCN(CC)C(=O)CCc1ccc2cc(C)c(=O)[nH]c2c1. The standard InChI is InChI=1S/C17H22N2O2/c1-4-19(5-2)16(20)9-7-13-6-8-14-10-12(3)17(21)18-15(14)11-13/h6,8,10-11H,4-5,7,9H2,1-3H3,(H,18,21). The molecule has 0 bridgehead atoms. The minimum atomic E-state index is -0.0566. The molecule has 0 fully saturated rings. The van der Waals surface area contributed by atoms with Gasteiger partial charge in [-0.1, -0.05) is 12.1 Å². The molecule has 0 aliphatic carbocycles. The number of fused-ring (bicyclic) bond motifs is 1. The van der Waals surface area contributed by atoms with Crippen LogP contribution in [0.3, 0.4) is 0 Å². The molecule has 0 atom stereocenters. The maximum Gasteiger partial charge on any atom is 0.251 e. The Morgan fingerprint density at radius 3 is 2.57 bits per heavy atom. The van der Waals surface area contributed by atoms with E-state index in [0.29, 0.717) is 18.4 Å². The Morgan fingerprint density at radius 2 is 1.90 bits per heavy atom. The van der Waals surface area contributed by atoms with E-state index in [0.717, 1.165) is 29.6 Å². The van der Waals surface area contributed by atoms with Crippen LogP contribution < -0.4 is 5.56 Å². The van der Waals surface area contributed by atoms with E-state index in [1.165, 1.54) is 0 Å². The van der Waals surface area contributed by atoms with Crippen LogP contribution >= 0.6 is 0 Å². The molecule has 0 radical (unpaired) electrons. The van der Waals surface area contributed by atoms with Crippen LogP contribution in [0.1, 0.15) is 31.4 Å². The minimum Gasteiger partial charge on any atom is -0.343 e. The van der Waals surface area contributed by atoms with Crippen molar-refractivity contribution in [3.63, 3.8) is 0 Å². The van der Waals surface area contributed by atoms with Crippen molar-refractivity contribution in [2.75, 3.05) is 13.1 Å². The van der Waals surface area contributed by atoms with Crippen LogP contribution in [0.5, 0.6) is 0 Å². The lowest BCUT2D eigenvalue weighted by Crippen LogP contribution is -2.30. The van der Waals surface area contributed by atoms with Crippen molar-refractivity contribution in [1.82, 2.24) is 9.88 Å². The van der Waals surface area contributed by atoms with Gasteiger partial charge >= 0.3 is 0 Å². The first-order valence-electron chi connectivity index (χ1n) is 7.45. The molecule has 112 valence electrons. The average molecular weight is 286 g/mol. The fourth-order valence-electron chi connectivity index (χ4n) is 2.50. The third-order valence-electron chi connectivity index (χ3n) is 3.84. The number of aromatic amines is 1. The predicted octanol–water partition coefficient (Wildman–Crippen LogP) is 2.64. The second-order valence-corrected chi connectivity index (χ2v) is 5.27. The summed E-state index contributed by atoms with van der Waals surface area (Å²) in [7, 11) is 0. The van der Waals surface area contributed by atoms with Crippen molar-refractivity contribution in [2.24, 2.45) is 0 Å². The number of H-pyrrole nitrogens is 1. The number of aryl methyl sites for hydroxylation is 2. The first-order valence-corrected chi connectivity index (χ1v) is 7.45. The number of nitrogens with zero attached hydrogens (tertiary/aromatic N) is 1. The molecule has 1 amide bonds. The lowest BCUT2D eigenvalue weighted by atomic mass is 10.1. The Bertz CT molecular complexity index is 699. The summed E-state index contributed by atoms with van der Waals surface area (Å²) in [5, 5.41) is 1.02. The molecule has 2 aromatic rings. The number of amides is 1. The van der Waals surface area contributed by atoms with Crippen molar-refractivity contribution in [2.45, 2.75) is 33.6 Å². The number of nitrogens with one attached hydrogen (secondary N) is 1. The zero-order valence-electron chi connectivity index (χ0n) is 12.9. The largest absolute Gasteiger partial charge is 0.343 e. The Kier molecular flexibility index (Phi) is 4.78. The summed E-state index contributed by atoms with van der Waals surface area (Å²) in [5.74, 6) is 0.178. The number of rotatable bonds is 5. The van der Waals surface area contributed by atoms with Crippen LogP contribution in [-0.4, -0.2) is 28.9 Å². The van der Waals surface area contributed by atoms with Crippen LogP contribution in [0.2, 0.25) is 0 Å². The van der Waals surface area contributed by atoms with Gasteiger partial charge in [-0.15, -0.1) is 0 Å². The molecule has 1 heterocycles. The second-order valence-electron chi connectivity index (χ2n) is 5.27. The lowest BCUT2D eigenvalue weighted by molar-refractivity contribution is -0.130. The Labute approximate surface area is 124 Å². The molecule has 21 heavy (non-hydrogen) atoms. The van der Waals surface area contributed by atoms with Crippen LogP contribution in [-0.2, 0) is 11.2 Å². The number of hydrogen-bond acceptors (Lipinski definition) is 2. The van der Waals surface area contributed by atoms with Gasteiger partial charge in [0, 0.05) is 30.6 Å². The topological polar surface area (TPSA) is 53.2 Å². The summed E-state index contributed by atoms with van der Waals surface area (Å²) in [6.45, 7) is 7.28. The van der Waals surface area contributed by atoms with E-state index in [1.54, 1.807) is 6.92 Å². The summed E-state index contributed by atoms with van der Waals surface area (Å²) < 4.78 is 0. The van der Waals surface area contributed by atoms with Gasteiger partial charge in [0.2, 0.25) is 5.91 Å². The quantitative estimate of drug-likeness (QED) is 0.918. The van der Waals surface area contributed by atoms with Gasteiger partial charge in [-0.2, -0.15) is 0 Å². The number of aromatic nitrogens is 1. The van der Waals surface area contributed by atoms with Crippen LogP contribution in [0.25, 0.3) is 10.9 Å². The smallest absolute Gasteiger partial charge is 0.251 e. The number of carbonyl (C=O) groups excluding carboxylic acids is 1. The van der Waals surface area contributed by atoms with Crippen molar-refractivity contribution >= 4 is 16.8 Å². The molecule has 0 aliphatic rings.